The zero-order valence-electron chi connectivity index (χ0n) is 17.6. The molecule has 6 nitrogen and oxygen atoms in total. The lowest BCUT2D eigenvalue weighted by atomic mass is 10.2. The van der Waals surface area contributed by atoms with Crippen LogP contribution in [0, 0.1) is 5.92 Å². The van der Waals surface area contributed by atoms with Gasteiger partial charge in [0.15, 0.2) is 5.96 Å². The van der Waals surface area contributed by atoms with E-state index in [0.29, 0.717) is 13.1 Å². The Balaban J connectivity index is 0. The average molecular weight is 503 g/mol. The second kappa shape index (κ2) is 15.7. The summed E-state index contributed by atoms with van der Waals surface area (Å²) in [6.45, 7) is 12.8. The second-order valence-corrected chi connectivity index (χ2v) is 8.30. The van der Waals surface area contributed by atoms with Crippen molar-refractivity contribution in [2.45, 2.75) is 53.1 Å². The molecule has 2 N–H and O–H groups in total. The summed E-state index contributed by atoms with van der Waals surface area (Å²) in [6.07, 6.45) is 4.20. The fraction of sp³-hybridized carbons (Fsp3) is 0.889. The number of nitrogens with one attached hydrogen (secondary N) is 2. The number of hydrogen-bond acceptors (Lipinski definition) is 4. The van der Waals surface area contributed by atoms with Crippen LogP contribution >= 0.6 is 35.7 Å². The SMILES string of the molecule is CCNC(=NCC(C)CN(C)C(=O)OC(C)(C)C)NCCCCSC.I. The minimum absolute atomic E-state index is 0. The maximum absolute atomic E-state index is 12.0. The Kier molecular flexibility index (Phi) is 16.8. The monoisotopic (exact) mass is 502 g/mol. The molecule has 0 fully saturated rings. The van der Waals surface area contributed by atoms with E-state index in [0.717, 1.165) is 25.5 Å². The largest absolute Gasteiger partial charge is 0.444 e. The Labute approximate surface area is 181 Å². The molecule has 0 spiro atoms. The highest BCUT2D eigenvalue weighted by atomic mass is 127. The second-order valence-electron chi connectivity index (χ2n) is 7.31. The van der Waals surface area contributed by atoms with Gasteiger partial charge in [-0.15, -0.1) is 24.0 Å². The molecule has 0 bridgehead atoms. The number of carbonyl (C=O) groups is 1. The van der Waals surface area contributed by atoms with Crippen molar-refractivity contribution in [1.82, 2.24) is 15.5 Å². The number of amides is 1. The van der Waals surface area contributed by atoms with Gasteiger partial charge in [-0.2, -0.15) is 11.8 Å². The maximum atomic E-state index is 12.0. The molecule has 156 valence electrons. The van der Waals surface area contributed by atoms with Crippen LogP contribution in [0.2, 0.25) is 0 Å². The van der Waals surface area contributed by atoms with Crippen molar-refractivity contribution in [3.63, 3.8) is 0 Å². The van der Waals surface area contributed by atoms with E-state index in [9.17, 15) is 4.79 Å². The molecule has 0 radical (unpaired) electrons. The number of aliphatic imine (C=N–C) groups is 1. The van der Waals surface area contributed by atoms with Gasteiger partial charge in [-0.1, -0.05) is 6.92 Å². The number of nitrogens with zero attached hydrogens (tertiary/aromatic N) is 2. The van der Waals surface area contributed by atoms with Gasteiger partial charge in [-0.25, -0.2) is 4.79 Å². The summed E-state index contributed by atoms with van der Waals surface area (Å²) >= 11 is 1.88. The highest BCUT2D eigenvalue weighted by Crippen LogP contribution is 2.10. The molecule has 0 saturated heterocycles. The van der Waals surface area contributed by atoms with Gasteiger partial charge >= 0.3 is 6.09 Å². The van der Waals surface area contributed by atoms with Crippen molar-refractivity contribution < 1.29 is 9.53 Å². The van der Waals surface area contributed by atoms with Crippen molar-refractivity contribution in [2.75, 3.05) is 45.2 Å². The molecule has 1 atom stereocenters. The molecule has 26 heavy (non-hydrogen) atoms. The van der Waals surface area contributed by atoms with E-state index in [-0.39, 0.29) is 36.0 Å². The molecule has 8 heteroatoms. The number of rotatable bonds is 10. The summed E-state index contributed by atoms with van der Waals surface area (Å²) in [4.78, 5) is 18.3. The standard InChI is InChI=1S/C18H38N4O2S.HI/c1-8-19-16(20-11-9-10-12-25-7)21-13-15(2)14-22(6)17(23)24-18(3,4)5;/h15H,8-14H2,1-7H3,(H2,19,20,21);1H. The highest BCUT2D eigenvalue weighted by Gasteiger charge is 2.20. The van der Waals surface area contributed by atoms with E-state index in [1.54, 1.807) is 11.9 Å². The zero-order valence-corrected chi connectivity index (χ0v) is 20.7. The summed E-state index contributed by atoms with van der Waals surface area (Å²) in [5.41, 5.74) is -0.467. The van der Waals surface area contributed by atoms with Crippen LogP contribution in [0.3, 0.4) is 0 Å². The van der Waals surface area contributed by atoms with E-state index >= 15 is 0 Å². The Hall–Kier alpha value is -0.380. The fourth-order valence-corrected chi connectivity index (χ4v) is 2.60. The third-order valence-corrected chi connectivity index (χ3v) is 3.96. The van der Waals surface area contributed by atoms with Gasteiger partial charge in [0.25, 0.3) is 0 Å². The van der Waals surface area contributed by atoms with Crippen LogP contribution in [0.4, 0.5) is 4.79 Å². The molecule has 0 heterocycles. The fourth-order valence-electron chi connectivity index (χ4n) is 2.11. The van der Waals surface area contributed by atoms with Crippen molar-refractivity contribution in [2.24, 2.45) is 10.9 Å². The first-order chi connectivity index (χ1) is 11.7. The molecule has 0 aromatic rings. The molecular formula is C18H39IN4O2S. The lowest BCUT2D eigenvalue weighted by molar-refractivity contribution is 0.0279. The molecule has 0 aromatic carbocycles. The third kappa shape index (κ3) is 15.8. The third-order valence-electron chi connectivity index (χ3n) is 3.26. The number of thioether (sulfide) groups is 1. The number of carbonyl (C=O) groups excluding carboxylic acids is 1. The Morgan fingerprint density at radius 3 is 2.46 bits per heavy atom. The van der Waals surface area contributed by atoms with Crippen LogP contribution in [-0.4, -0.2) is 67.8 Å². The predicted octanol–water partition coefficient (Wildman–Crippen LogP) is 3.81. The van der Waals surface area contributed by atoms with Crippen molar-refractivity contribution >= 4 is 47.8 Å². The van der Waals surface area contributed by atoms with E-state index in [4.69, 9.17) is 4.74 Å². The molecule has 0 aliphatic rings. The Bertz CT molecular complexity index is 403. The number of guanidine groups is 1. The van der Waals surface area contributed by atoms with Crippen LogP contribution in [0.15, 0.2) is 4.99 Å². The Morgan fingerprint density at radius 2 is 1.92 bits per heavy atom. The van der Waals surface area contributed by atoms with Crippen molar-refractivity contribution in [1.29, 1.82) is 0 Å². The number of ether oxygens (including phenoxy) is 1. The number of hydrogen-bond donors (Lipinski definition) is 2. The topological polar surface area (TPSA) is 66.0 Å². The van der Waals surface area contributed by atoms with Gasteiger partial charge in [-0.3, -0.25) is 4.99 Å². The smallest absolute Gasteiger partial charge is 0.410 e. The molecule has 0 aliphatic heterocycles. The van der Waals surface area contributed by atoms with Gasteiger partial charge in [0.05, 0.1) is 0 Å². The van der Waals surface area contributed by atoms with Gasteiger partial charge in [-0.05, 0) is 58.5 Å². The van der Waals surface area contributed by atoms with E-state index in [2.05, 4.69) is 35.7 Å². The van der Waals surface area contributed by atoms with Crippen LogP contribution in [0.5, 0.6) is 0 Å². The normalized spacial score (nSPS) is 12.8. The van der Waals surface area contributed by atoms with Crippen LogP contribution < -0.4 is 10.6 Å². The summed E-state index contributed by atoms with van der Waals surface area (Å²) in [5.74, 6) is 2.30. The lowest BCUT2D eigenvalue weighted by Gasteiger charge is -2.26. The van der Waals surface area contributed by atoms with E-state index in [1.807, 2.05) is 32.5 Å². The average Bonchev–Trinajstić information content (AvgIpc) is 2.50. The van der Waals surface area contributed by atoms with Gasteiger partial charge in [0, 0.05) is 33.2 Å². The van der Waals surface area contributed by atoms with Crippen LogP contribution in [-0.2, 0) is 4.74 Å². The van der Waals surface area contributed by atoms with Gasteiger partial charge in [0.2, 0.25) is 0 Å². The first kappa shape index (κ1) is 27.8. The van der Waals surface area contributed by atoms with Crippen molar-refractivity contribution in [3.05, 3.63) is 0 Å². The van der Waals surface area contributed by atoms with Gasteiger partial charge in [0.1, 0.15) is 5.60 Å². The predicted molar refractivity (Wildman–Crippen MR) is 125 cm³/mol. The minimum atomic E-state index is -0.467. The van der Waals surface area contributed by atoms with E-state index < -0.39 is 5.60 Å². The summed E-state index contributed by atoms with van der Waals surface area (Å²) in [6, 6.07) is 0. The van der Waals surface area contributed by atoms with Crippen LogP contribution in [0.25, 0.3) is 0 Å². The highest BCUT2D eigenvalue weighted by molar-refractivity contribution is 14.0. The van der Waals surface area contributed by atoms with Crippen molar-refractivity contribution in [3.8, 4) is 0 Å². The molecule has 0 aromatic heterocycles. The van der Waals surface area contributed by atoms with Gasteiger partial charge < -0.3 is 20.3 Å². The molecule has 1 amide bonds. The summed E-state index contributed by atoms with van der Waals surface area (Å²) in [5, 5.41) is 6.63. The maximum Gasteiger partial charge on any atom is 0.410 e. The molecule has 0 rings (SSSR count). The molecule has 1 unspecified atom stereocenters. The number of halogens is 1. The van der Waals surface area contributed by atoms with Crippen LogP contribution in [0.1, 0.15) is 47.5 Å². The lowest BCUT2D eigenvalue weighted by Crippen LogP contribution is -2.39. The molecule has 0 saturated carbocycles. The summed E-state index contributed by atoms with van der Waals surface area (Å²) < 4.78 is 5.37. The zero-order chi connectivity index (χ0) is 19.3. The first-order valence-electron chi connectivity index (χ1n) is 9.14. The first-order valence-corrected chi connectivity index (χ1v) is 10.5. The number of unbranched alkanes of at least 4 members (excludes halogenated alkanes) is 1. The molecule has 0 aliphatic carbocycles. The minimum Gasteiger partial charge on any atom is -0.444 e. The Morgan fingerprint density at radius 1 is 1.27 bits per heavy atom. The van der Waals surface area contributed by atoms with E-state index in [1.165, 1.54) is 12.2 Å². The summed E-state index contributed by atoms with van der Waals surface area (Å²) in [7, 11) is 1.77. The molecular weight excluding hydrogens is 463 g/mol. The quantitative estimate of drug-likeness (QED) is 0.206.